The number of rotatable bonds is 3. The van der Waals surface area contributed by atoms with Crippen LogP contribution in [0.15, 0.2) is 41.5 Å². The molecule has 0 atom stereocenters. The van der Waals surface area contributed by atoms with Crippen LogP contribution in [0.4, 0.5) is 0 Å². The van der Waals surface area contributed by atoms with Gasteiger partial charge in [-0.25, -0.2) is 5.43 Å². The molecular weight excluding hydrogens is 296 g/mol. The highest BCUT2D eigenvalue weighted by Crippen LogP contribution is 2.24. The summed E-state index contributed by atoms with van der Waals surface area (Å²) in [6, 6.07) is 8.15. The highest BCUT2D eigenvalue weighted by atomic mass is 35.5. The summed E-state index contributed by atoms with van der Waals surface area (Å²) in [4.78, 5) is 11.8. The van der Waals surface area contributed by atoms with Crippen molar-refractivity contribution in [1.82, 2.24) is 5.43 Å². The lowest BCUT2D eigenvalue weighted by Gasteiger charge is -2.03. The molecule has 21 heavy (non-hydrogen) atoms. The fourth-order valence-electron chi connectivity index (χ4n) is 1.54. The van der Waals surface area contributed by atoms with Crippen molar-refractivity contribution in [3.8, 4) is 17.2 Å². The summed E-state index contributed by atoms with van der Waals surface area (Å²) in [5, 5.41) is 32.0. The van der Waals surface area contributed by atoms with E-state index in [-0.39, 0.29) is 22.8 Å². The topological polar surface area (TPSA) is 102 Å². The maximum atomic E-state index is 11.8. The number of nitrogens with one attached hydrogen (secondary N) is 1. The lowest BCUT2D eigenvalue weighted by atomic mass is 10.2. The van der Waals surface area contributed by atoms with Crippen LogP contribution in [0.5, 0.6) is 17.2 Å². The standard InChI is InChI=1S/C14H11ClN2O4/c15-9-2-4-11(18)10(6-9)14(21)17-16-7-8-1-3-12(19)13(20)5-8/h1-7,18-20H,(H,17,21). The zero-order chi connectivity index (χ0) is 15.4. The van der Waals surface area contributed by atoms with Gasteiger partial charge in [0.25, 0.3) is 5.91 Å². The van der Waals surface area contributed by atoms with Crippen LogP contribution < -0.4 is 5.43 Å². The number of amides is 1. The fourth-order valence-corrected chi connectivity index (χ4v) is 1.71. The van der Waals surface area contributed by atoms with E-state index in [1.165, 1.54) is 42.6 Å². The Morgan fingerprint density at radius 1 is 1.05 bits per heavy atom. The minimum atomic E-state index is -0.630. The third-order valence-electron chi connectivity index (χ3n) is 2.58. The molecule has 0 fully saturated rings. The molecule has 0 aliphatic rings. The Balaban J connectivity index is 2.08. The minimum absolute atomic E-state index is 0.00629. The SMILES string of the molecule is O=C(NN=Cc1ccc(O)c(O)c1)c1cc(Cl)ccc1O. The monoisotopic (exact) mass is 306 g/mol. The molecule has 0 aliphatic heterocycles. The number of nitrogens with zero attached hydrogens (tertiary/aromatic N) is 1. The molecule has 2 aromatic carbocycles. The zero-order valence-electron chi connectivity index (χ0n) is 10.6. The van der Waals surface area contributed by atoms with Gasteiger partial charge in [0.2, 0.25) is 0 Å². The van der Waals surface area contributed by atoms with Gasteiger partial charge < -0.3 is 15.3 Å². The number of aromatic hydroxyl groups is 3. The Morgan fingerprint density at radius 2 is 1.76 bits per heavy atom. The number of phenolic OH excluding ortho intramolecular Hbond substituents is 3. The second-order valence-electron chi connectivity index (χ2n) is 4.11. The van der Waals surface area contributed by atoms with Crippen LogP contribution in [-0.4, -0.2) is 27.4 Å². The van der Waals surface area contributed by atoms with Crippen LogP contribution in [-0.2, 0) is 0 Å². The molecule has 2 rings (SSSR count). The van der Waals surface area contributed by atoms with Crippen LogP contribution in [0.1, 0.15) is 15.9 Å². The Morgan fingerprint density at radius 3 is 2.48 bits per heavy atom. The van der Waals surface area contributed by atoms with E-state index in [1.807, 2.05) is 0 Å². The van der Waals surface area contributed by atoms with E-state index in [0.29, 0.717) is 10.6 Å². The Labute approximate surface area is 124 Å². The molecule has 0 saturated carbocycles. The van der Waals surface area contributed by atoms with Crippen molar-refractivity contribution in [3.63, 3.8) is 0 Å². The van der Waals surface area contributed by atoms with Gasteiger partial charge in [0, 0.05) is 5.02 Å². The van der Waals surface area contributed by atoms with Gasteiger partial charge in [-0.05, 0) is 42.0 Å². The maximum Gasteiger partial charge on any atom is 0.275 e. The minimum Gasteiger partial charge on any atom is -0.507 e. The number of carbonyl (C=O) groups is 1. The predicted octanol–water partition coefficient (Wildman–Crippen LogP) is 2.22. The number of carbonyl (C=O) groups excluding carboxylic acids is 1. The van der Waals surface area contributed by atoms with Gasteiger partial charge in [-0.15, -0.1) is 0 Å². The lowest BCUT2D eigenvalue weighted by Crippen LogP contribution is -2.17. The molecule has 7 heteroatoms. The fraction of sp³-hybridized carbons (Fsp3) is 0. The van der Waals surface area contributed by atoms with Crippen molar-refractivity contribution < 1.29 is 20.1 Å². The normalized spacial score (nSPS) is 10.7. The first-order valence-corrected chi connectivity index (χ1v) is 6.19. The zero-order valence-corrected chi connectivity index (χ0v) is 11.4. The molecule has 0 heterocycles. The number of hydrogen-bond acceptors (Lipinski definition) is 5. The molecule has 0 unspecified atom stereocenters. The van der Waals surface area contributed by atoms with Crippen molar-refractivity contribution in [3.05, 3.63) is 52.5 Å². The highest BCUT2D eigenvalue weighted by Gasteiger charge is 2.10. The third-order valence-corrected chi connectivity index (χ3v) is 2.82. The van der Waals surface area contributed by atoms with Crippen molar-refractivity contribution in [1.29, 1.82) is 0 Å². The van der Waals surface area contributed by atoms with Gasteiger partial charge in [-0.3, -0.25) is 4.79 Å². The molecule has 0 spiro atoms. The molecule has 0 bridgehead atoms. The summed E-state index contributed by atoms with van der Waals surface area (Å²) < 4.78 is 0. The second-order valence-corrected chi connectivity index (χ2v) is 4.55. The summed E-state index contributed by atoms with van der Waals surface area (Å²) in [7, 11) is 0. The van der Waals surface area contributed by atoms with Crippen molar-refractivity contribution in [2.45, 2.75) is 0 Å². The molecule has 108 valence electrons. The molecule has 0 aromatic heterocycles. The van der Waals surface area contributed by atoms with E-state index >= 15 is 0 Å². The first-order chi connectivity index (χ1) is 9.97. The molecule has 2 aromatic rings. The first kappa shape index (κ1) is 14.7. The summed E-state index contributed by atoms with van der Waals surface area (Å²) in [5.41, 5.74) is 2.68. The average molecular weight is 307 g/mol. The van der Waals surface area contributed by atoms with Crippen LogP contribution in [0.2, 0.25) is 5.02 Å². The van der Waals surface area contributed by atoms with Gasteiger partial charge >= 0.3 is 0 Å². The van der Waals surface area contributed by atoms with Crippen LogP contribution in [0.25, 0.3) is 0 Å². The van der Waals surface area contributed by atoms with Crippen molar-refractivity contribution in [2.75, 3.05) is 0 Å². The van der Waals surface area contributed by atoms with E-state index in [9.17, 15) is 15.0 Å². The molecular formula is C14H11ClN2O4. The second kappa shape index (κ2) is 6.15. The van der Waals surface area contributed by atoms with E-state index in [2.05, 4.69) is 10.5 Å². The van der Waals surface area contributed by atoms with Crippen LogP contribution in [0.3, 0.4) is 0 Å². The Kier molecular flexibility index (Phi) is 4.30. The number of halogens is 1. The molecule has 6 nitrogen and oxygen atoms in total. The van der Waals surface area contributed by atoms with Gasteiger partial charge in [-0.2, -0.15) is 5.10 Å². The smallest absolute Gasteiger partial charge is 0.275 e. The van der Waals surface area contributed by atoms with Crippen molar-refractivity contribution in [2.24, 2.45) is 5.10 Å². The summed E-state index contributed by atoms with van der Waals surface area (Å²) in [6.07, 6.45) is 1.28. The molecule has 0 radical (unpaired) electrons. The highest BCUT2D eigenvalue weighted by molar-refractivity contribution is 6.31. The molecule has 4 N–H and O–H groups in total. The van der Waals surface area contributed by atoms with E-state index < -0.39 is 5.91 Å². The Bertz CT molecular complexity index is 716. The summed E-state index contributed by atoms with van der Waals surface area (Å²) in [5.74, 6) is -1.39. The number of hydrazone groups is 1. The summed E-state index contributed by atoms with van der Waals surface area (Å²) >= 11 is 5.74. The number of hydrogen-bond donors (Lipinski definition) is 4. The van der Waals surface area contributed by atoms with E-state index in [1.54, 1.807) is 0 Å². The largest absolute Gasteiger partial charge is 0.507 e. The van der Waals surface area contributed by atoms with E-state index in [0.717, 1.165) is 0 Å². The molecule has 0 aliphatic carbocycles. The molecule has 1 amide bonds. The van der Waals surface area contributed by atoms with Gasteiger partial charge in [0.05, 0.1) is 11.8 Å². The third kappa shape index (κ3) is 3.64. The van der Waals surface area contributed by atoms with Gasteiger partial charge in [0.15, 0.2) is 11.5 Å². The maximum absolute atomic E-state index is 11.8. The molecule has 0 saturated heterocycles. The Hall–Kier alpha value is -2.73. The predicted molar refractivity (Wildman–Crippen MR) is 77.9 cm³/mol. The quantitative estimate of drug-likeness (QED) is 0.396. The van der Waals surface area contributed by atoms with Gasteiger partial charge in [-0.1, -0.05) is 11.6 Å². The lowest BCUT2D eigenvalue weighted by molar-refractivity contribution is 0.0952. The van der Waals surface area contributed by atoms with Crippen LogP contribution in [0, 0.1) is 0 Å². The van der Waals surface area contributed by atoms with E-state index in [4.69, 9.17) is 16.7 Å². The first-order valence-electron chi connectivity index (χ1n) is 5.81. The number of phenols is 3. The average Bonchev–Trinajstić information content (AvgIpc) is 2.45. The van der Waals surface area contributed by atoms with Crippen molar-refractivity contribution >= 4 is 23.7 Å². The summed E-state index contributed by atoms with van der Waals surface area (Å²) in [6.45, 7) is 0. The number of benzene rings is 2. The van der Waals surface area contributed by atoms with Gasteiger partial charge in [0.1, 0.15) is 5.75 Å². The van der Waals surface area contributed by atoms with Crippen LogP contribution >= 0.6 is 11.6 Å².